The van der Waals surface area contributed by atoms with Crippen LogP contribution in [-0.4, -0.2) is 43.4 Å². The van der Waals surface area contributed by atoms with E-state index < -0.39 is 0 Å². The van der Waals surface area contributed by atoms with Gasteiger partial charge in [-0.3, -0.25) is 14.5 Å². The lowest BCUT2D eigenvalue weighted by Crippen LogP contribution is -2.39. The third kappa shape index (κ3) is 6.19. The molecular formula is C14H22N4O2. The van der Waals surface area contributed by atoms with Crippen molar-refractivity contribution in [2.45, 2.75) is 13.3 Å². The van der Waals surface area contributed by atoms with E-state index in [0.29, 0.717) is 17.9 Å². The van der Waals surface area contributed by atoms with Gasteiger partial charge in [-0.2, -0.15) is 0 Å². The lowest BCUT2D eigenvalue weighted by Gasteiger charge is -2.16. The Morgan fingerprint density at radius 3 is 2.60 bits per heavy atom. The molecular weight excluding hydrogens is 256 g/mol. The van der Waals surface area contributed by atoms with E-state index in [1.54, 1.807) is 36.2 Å². The normalized spacial score (nSPS) is 10.3. The molecule has 4 N–H and O–H groups in total. The van der Waals surface area contributed by atoms with E-state index in [2.05, 4.69) is 10.6 Å². The summed E-state index contributed by atoms with van der Waals surface area (Å²) in [5.74, 6) is -0.257. The number of nitrogens with two attached hydrogens (primary N) is 1. The van der Waals surface area contributed by atoms with Gasteiger partial charge in [0.15, 0.2) is 0 Å². The maximum atomic E-state index is 11.8. The van der Waals surface area contributed by atoms with Crippen LogP contribution in [0.3, 0.4) is 0 Å². The molecule has 0 unspecified atom stereocenters. The molecule has 20 heavy (non-hydrogen) atoms. The van der Waals surface area contributed by atoms with Crippen LogP contribution in [0.5, 0.6) is 0 Å². The molecule has 0 aromatic heterocycles. The Morgan fingerprint density at radius 2 is 1.95 bits per heavy atom. The van der Waals surface area contributed by atoms with Crippen LogP contribution >= 0.6 is 0 Å². The first kappa shape index (κ1) is 16.0. The first-order chi connectivity index (χ1) is 9.51. The van der Waals surface area contributed by atoms with Crippen LogP contribution in [0.25, 0.3) is 0 Å². The number of nitrogen functional groups attached to an aromatic ring is 1. The molecule has 0 saturated heterocycles. The minimum atomic E-state index is -0.179. The molecule has 0 aliphatic carbocycles. The molecule has 2 amide bonds. The average Bonchev–Trinajstić information content (AvgIpc) is 2.35. The lowest BCUT2D eigenvalue weighted by molar-refractivity contribution is -0.122. The molecule has 0 spiro atoms. The highest BCUT2D eigenvalue weighted by molar-refractivity contribution is 5.93. The van der Waals surface area contributed by atoms with Crippen molar-refractivity contribution in [2.24, 2.45) is 0 Å². The second-order valence-corrected chi connectivity index (χ2v) is 4.70. The van der Waals surface area contributed by atoms with Crippen molar-refractivity contribution in [3.63, 3.8) is 0 Å². The third-order valence-electron chi connectivity index (χ3n) is 2.57. The largest absolute Gasteiger partial charge is 0.399 e. The number of benzene rings is 1. The molecule has 110 valence electrons. The molecule has 0 atom stereocenters. The number of nitrogens with one attached hydrogen (secondary N) is 2. The molecule has 6 heteroatoms. The van der Waals surface area contributed by atoms with E-state index in [0.717, 1.165) is 6.42 Å². The van der Waals surface area contributed by atoms with Gasteiger partial charge >= 0.3 is 0 Å². The van der Waals surface area contributed by atoms with Gasteiger partial charge in [-0.15, -0.1) is 0 Å². The summed E-state index contributed by atoms with van der Waals surface area (Å²) in [5.41, 5.74) is 6.88. The topological polar surface area (TPSA) is 87.5 Å². The van der Waals surface area contributed by atoms with Crippen molar-refractivity contribution < 1.29 is 9.59 Å². The molecule has 0 fully saturated rings. The van der Waals surface area contributed by atoms with Crippen molar-refractivity contribution in [1.29, 1.82) is 0 Å². The van der Waals surface area contributed by atoms with Gasteiger partial charge in [-0.1, -0.05) is 13.0 Å². The Kier molecular flexibility index (Phi) is 6.52. The number of likely N-dealkylation sites (N-methyl/N-ethyl adjacent to an activating group) is 1. The summed E-state index contributed by atoms with van der Waals surface area (Å²) >= 11 is 0. The summed E-state index contributed by atoms with van der Waals surface area (Å²) in [6.07, 6.45) is 0.894. The first-order valence-electron chi connectivity index (χ1n) is 6.62. The summed E-state index contributed by atoms with van der Waals surface area (Å²) in [4.78, 5) is 25.0. The minimum Gasteiger partial charge on any atom is -0.399 e. The van der Waals surface area contributed by atoms with Crippen LogP contribution in [0.4, 0.5) is 11.4 Å². The molecule has 1 aromatic carbocycles. The second-order valence-electron chi connectivity index (χ2n) is 4.70. The summed E-state index contributed by atoms with van der Waals surface area (Å²) in [7, 11) is 1.73. The summed E-state index contributed by atoms with van der Waals surface area (Å²) in [6, 6.07) is 6.97. The van der Waals surface area contributed by atoms with Gasteiger partial charge < -0.3 is 16.4 Å². The number of anilines is 2. The van der Waals surface area contributed by atoms with Gasteiger partial charge in [0, 0.05) is 17.9 Å². The van der Waals surface area contributed by atoms with Crippen molar-refractivity contribution in [3.05, 3.63) is 24.3 Å². The first-order valence-corrected chi connectivity index (χ1v) is 6.62. The molecule has 0 aliphatic rings. The van der Waals surface area contributed by atoms with Gasteiger partial charge in [0.05, 0.1) is 13.1 Å². The maximum Gasteiger partial charge on any atom is 0.238 e. The molecule has 1 rings (SSSR count). The van der Waals surface area contributed by atoms with Crippen molar-refractivity contribution in [2.75, 3.05) is 37.7 Å². The average molecular weight is 278 g/mol. The van der Waals surface area contributed by atoms with Crippen LogP contribution < -0.4 is 16.4 Å². The molecule has 6 nitrogen and oxygen atoms in total. The van der Waals surface area contributed by atoms with E-state index in [9.17, 15) is 9.59 Å². The standard InChI is InChI=1S/C14H22N4O2/c1-3-7-16-13(19)9-18(2)10-14(20)17-12-6-4-5-11(15)8-12/h4-6,8H,3,7,9-10,15H2,1-2H3,(H,16,19)(H,17,20). The van der Waals surface area contributed by atoms with Crippen LogP contribution in [-0.2, 0) is 9.59 Å². The number of nitrogens with zero attached hydrogens (tertiary/aromatic N) is 1. The Bertz CT molecular complexity index is 462. The molecule has 0 heterocycles. The maximum absolute atomic E-state index is 11.8. The fourth-order valence-corrected chi connectivity index (χ4v) is 1.68. The van der Waals surface area contributed by atoms with Crippen LogP contribution in [0.15, 0.2) is 24.3 Å². The van der Waals surface area contributed by atoms with Crippen LogP contribution in [0.1, 0.15) is 13.3 Å². The van der Waals surface area contributed by atoms with Gasteiger partial charge in [0.1, 0.15) is 0 Å². The van der Waals surface area contributed by atoms with E-state index >= 15 is 0 Å². The van der Waals surface area contributed by atoms with Gasteiger partial charge in [0.25, 0.3) is 0 Å². The number of hydrogen-bond acceptors (Lipinski definition) is 4. The number of hydrogen-bond donors (Lipinski definition) is 3. The number of carbonyl (C=O) groups excluding carboxylic acids is 2. The zero-order valence-electron chi connectivity index (χ0n) is 12.0. The molecule has 0 radical (unpaired) electrons. The number of carbonyl (C=O) groups is 2. The highest BCUT2D eigenvalue weighted by Crippen LogP contribution is 2.11. The van der Waals surface area contributed by atoms with Crippen molar-refractivity contribution in [1.82, 2.24) is 10.2 Å². The Morgan fingerprint density at radius 1 is 1.25 bits per heavy atom. The Hall–Kier alpha value is -2.08. The van der Waals surface area contributed by atoms with Gasteiger partial charge in [0.2, 0.25) is 11.8 Å². The van der Waals surface area contributed by atoms with Gasteiger partial charge in [-0.25, -0.2) is 0 Å². The SMILES string of the molecule is CCCNC(=O)CN(C)CC(=O)Nc1cccc(N)c1. The van der Waals surface area contributed by atoms with Gasteiger partial charge in [-0.05, 0) is 31.7 Å². The van der Waals surface area contributed by atoms with Crippen LogP contribution in [0.2, 0.25) is 0 Å². The number of rotatable bonds is 7. The number of amides is 2. The van der Waals surface area contributed by atoms with Crippen molar-refractivity contribution in [3.8, 4) is 0 Å². The van der Waals surface area contributed by atoms with Crippen LogP contribution in [0, 0.1) is 0 Å². The lowest BCUT2D eigenvalue weighted by atomic mass is 10.3. The second kappa shape index (κ2) is 8.16. The smallest absolute Gasteiger partial charge is 0.238 e. The highest BCUT2D eigenvalue weighted by atomic mass is 16.2. The van der Waals surface area contributed by atoms with E-state index in [1.807, 2.05) is 6.92 Å². The van der Waals surface area contributed by atoms with E-state index in [4.69, 9.17) is 5.73 Å². The fraction of sp³-hybridized carbons (Fsp3) is 0.429. The molecule has 0 saturated carbocycles. The third-order valence-corrected chi connectivity index (χ3v) is 2.57. The Balaban J connectivity index is 2.36. The zero-order valence-corrected chi connectivity index (χ0v) is 12.0. The Labute approximate surface area is 119 Å². The summed E-state index contributed by atoms with van der Waals surface area (Å²) in [6.45, 7) is 2.99. The molecule has 0 aliphatic heterocycles. The predicted octanol–water partition coefficient (Wildman–Crippen LogP) is 0.665. The van der Waals surface area contributed by atoms with E-state index in [1.165, 1.54) is 0 Å². The summed E-state index contributed by atoms with van der Waals surface area (Å²) in [5, 5.41) is 5.50. The quantitative estimate of drug-likeness (QED) is 0.640. The highest BCUT2D eigenvalue weighted by Gasteiger charge is 2.10. The van der Waals surface area contributed by atoms with E-state index in [-0.39, 0.29) is 24.9 Å². The zero-order chi connectivity index (χ0) is 15.0. The predicted molar refractivity (Wildman–Crippen MR) is 80.3 cm³/mol. The summed E-state index contributed by atoms with van der Waals surface area (Å²) < 4.78 is 0. The fourth-order valence-electron chi connectivity index (χ4n) is 1.68. The monoisotopic (exact) mass is 278 g/mol. The molecule has 1 aromatic rings. The minimum absolute atomic E-state index is 0.0777. The van der Waals surface area contributed by atoms with Crippen molar-refractivity contribution >= 4 is 23.2 Å². The molecule has 0 bridgehead atoms.